The number of nitrogens with two attached hydrogens (primary N) is 1. The van der Waals surface area contributed by atoms with E-state index in [4.69, 9.17) is 10.5 Å². The molecule has 4 N–H and O–H groups in total. The van der Waals surface area contributed by atoms with Crippen molar-refractivity contribution in [2.75, 3.05) is 31.5 Å². The normalized spacial score (nSPS) is 14.5. The van der Waals surface area contributed by atoms with Crippen molar-refractivity contribution >= 4 is 22.9 Å². The molecule has 1 aliphatic heterocycles. The number of nitrogens with zero attached hydrogens (tertiary/aromatic N) is 3. The van der Waals surface area contributed by atoms with Gasteiger partial charge in [-0.2, -0.15) is 0 Å². The third kappa shape index (κ3) is 4.01. The number of rotatable bonds is 6. The van der Waals surface area contributed by atoms with E-state index in [2.05, 4.69) is 25.2 Å². The van der Waals surface area contributed by atoms with Crippen molar-refractivity contribution in [2.45, 2.75) is 12.8 Å². The molecule has 1 amide bonds. The number of hydrogen-bond donors (Lipinski definition) is 3. The predicted molar refractivity (Wildman–Crippen MR) is 104 cm³/mol. The quantitative estimate of drug-likeness (QED) is 0.619. The number of ether oxygens (including phenoxy) is 1. The first-order valence-corrected chi connectivity index (χ1v) is 9.08. The van der Waals surface area contributed by atoms with Crippen molar-refractivity contribution in [2.24, 2.45) is 5.73 Å². The average Bonchev–Trinajstić information content (AvgIpc) is 3.31. The van der Waals surface area contributed by atoms with Gasteiger partial charge in [0.1, 0.15) is 17.2 Å². The van der Waals surface area contributed by atoms with Gasteiger partial charge in [0.2, 0.25) is 0 Å². The van der Waals surface area contributed by atoms with Gasteiger partial charge in [0.15, 0.2) is 5.75 Å². The second-order valence-corrected chi connectivity index (χ2v) is 6.56. The lowest BCUT2D eigenvalue weighted by Gasteiger charge is -2.15. The Morgan fingerprint density at radius 1 is 1.30 bits per heavy atom. The number of carbonyl (C=O) groups excluding carboxylic acids is 1. The number of primary amides is 1. The molecule has 27 heavy (non-hydrogen) atoms. The molecule has 0 atom stereocenters. The lowest BCUT2D eigenvalue weighted by Crippen LogP contribution is -2.26. The van der Waals surface area contributed by atoms with Crippen LogP contribution in [0.1, 0.15) is 12.8 Å². The molecule has 2 aromatic heterocycles. The Hall–Kier alpha value is -3.13. The van der Waals surface area contributed by atoms with Crippen LogP contribution in [0.3, 0.4) is 0 Å². The van der Waals surface area contributed by atoms with Gasteiger partial charge in [-0.25, -0.2) is 14.8 Å². The zero-order chi connectivity index (χ0) is 18.6. The number of para-hydroxylation sites is 1. The highest BCUT2D eigenvalue weighted by Crippen LogP contribution is 2.27. The minimum atomic E-state index is -0.861. The maximum atomic E-state index is 11.1. The lowest BCUT2D eigenvalue weighted by atomic mass is 10.2. The van der Waals surface area contributed by atoms with Gasteiger partial charge in [-0.3, -0.25) is 0 Å². The first-order chi connectivity index (χ1) is 13.2. The van der Waals surface area contributed by atoms with Crippen molar-refractivity contribution in [3.63, 3.8) is 0 Å². The Labute approximate surface area is 156 Å². The van der Waals surface area contributed by atoms with Crippen molar-refractivity contribution in [1.29, 1.82) is 0 Å². The number of aromatic nitrogens is 3. The number of nitrogens with one attached hydrogen (secondary N) is 2. The summed E-state index contributed by atoms with van der Waals surface area (Å²) in [6, 6.07) is 9.15. The summed E-state index contributed by atoms with van der Waals surface area (Å²) in [7, 11) is 0. The number of imidazole rings is 1. The number of carbonyl (C=O) groups is 1. The maximum absolute atomic E-state index is 11.1. The second kappa shape index (κ2) is 7.63. The molecule has 140 valence electrons. The molecule has 3 heterocycles. The minimum Gasteiger partial charge on any atom is -0.408 e. The summed E-state index contributed by atoms with van der Waals surface area (Å²) in [6.45, 7) is 4.24. The molecule has 8 heteroatoms. The van der Waals surface area contributed by atoms with Crippen LogP contribution in [0, 0.1) is 0 Å². The summed E-state index contributed by atoms with van der Waals surface area (Å²) >= 11 is 0. The van der Waals surface area contributed by atoms with E-state index >= 15 is 0 Å². The molecular weight excluding hydrogens is 344 g/mol. The Morgan fingerprint density at radius 3 is 2.96 bits per heavy atom. The molecule has 1 fully saturated rings. The molecule has 0 radical (unpaired) electrons. The van der Waals surface area contributed by atoms with Gasteiger partial charge >= 0.3 is 6.09 Å². The van der Waals surface area contributed by atoms with E-state index in [9.17, 15) is 4.79 Å². The molecular formula is C19H22N6O2. The van der Waals surface area contributed by atoms with E-state index in [1.165, 1.54) is 25.9 Å². The highest BCUT2D eigenvalue weighted by atomic mass is 16.5. The second-order valence-electron chi connectivity index (χ2n) is 6.56. The largest absolute Gasteiger partial charge is 0.410 e. The van der Waals surface area contributed by atoms with Crippen LogP contribution in [0.15, 0.2) is 36.5 Å². The molecule has 1 aromatic carbocycles. The van der Waals surface area contributed by atoms with Crippen LogP contribution in [0.4, 0.5) is 10.6 Å². The van der Waals surface area contributed by atoms with Crippen LogP contribution in [-0.4, -0.2) is 52.1 Å². The fourth-order valence-corrected chi connectivity index (χ4v) is 3.36. The number of H-pyrrole nitrogens is 1. The summed E-state index contributed by atoms with van der Waals surface area (Å²) in [5.41, 5.74) is 7.35. The Morgan fingerprint density at radius 2 is 2.15 bits per heavy atom. The van der Waals surface area contributed by atoms with Gasteiger partial charge in [-0.1, -0.05) is 6.07 Å². The molecule has 1 saturated heterocycles. The van der Waals surface area contributed by atoms with Gasteiger partial charge in [0.25, 0.3) is 0 Å². The third-order valence-corrected chi connectivity index (χ3v) is 4.65. The van der Waals surface area contributed by atoms with Gasteiger partial charge in [-0.15, -0.1) is 0 Å². The fourth-order valence-electron chi connectivity index (χ4n) is 3.36. The molecule has 0 aliphatic carbocycles. The van der Waals surface area contributed by atoms with E-state index in [0.717, 1.165) is 30.0 Å². The van der Waals surface area contributed by atoms with Crippen molar-refractivity contribution in [1.82, 2.24) is 19.9 Å². The van der Waals surface area contributed by atoms with Crippen molar-refractivity contribution < 1.29 is 9.53 Å². The van der Waals surface area contributed by atoms with E-state index in [0.29, 0.717) is 17.1 Å². The average molecular weight is 366 g/mol. The first kappa shape index (κ1) is 17.3. The predicted octanol–water partition coefficient (Wildman–Crippen LogP) is 2.59. The van der Waals surface area contributed by atoms with Gasteiger partial charge < -0.3 is 25.7 Å². The molecule has 0 saturated carbocycles. The lowest BCUT2D eigenvalue weighted by molar-refractivity contribution is 0.211. The Balaban J connectivity index is 1.51. The van der Waals surface area contributed by atoms with E-state index < -0.39 is 6.09 Å². The summed E-state index contributed by atoms with van der Waals surface area (Å²) in [6.07, 6.45) is 3.48. The summed E-state index contributed by atoms with van der Waals surface area (Å²) in [5.74, 6) is 1.82. The topological polar surface area (TPSA) is 109 Å². The van der Waals surface area contributed by atoms with Crippen LogP contribution >= 0.6 is 0 Å². The minimum absolute atomic E-state index is 0.334. The third-order valence-electron chi connectivity index (χ3n) is 4.65. The Bertz CT molecular complexity index is 948. The number of pyridine rings is 1. The molecule has 1 aliphatic rings. The first-order valence-electron chi connectivity index (χ1n) is 9.08. The number of hydrogen-bond acceptors (Lipinski definition) is 6. The highest BCUT2D eigenvalue weighted by Gasteiger charge is 2.13. The molecule has 0 bridgehead atoms. The van der Waals surface area contributed by atoms with Crippen molar-refractivity contribution in [3.8, 4) is 17.1 Å². The smallest absolute Gasteiger partial charge is 0.408 e. The number of benzene rings is 1. The molecule has 3 aromatic rings. The molecule has 8 nitrogen and oxygen atoms in total. The van der Waals surface area contributed by atoms with Crippen LogP contribution in [0.5, 0.6) is 5.75 Å². The van der Waals surface area contributed by atoms with Gasteiger partial charge in [0, 0.05) is 24.8 Å². The summed E-state index contributed by atoms with van der Waals surface area (Å²) in [4.78, 5) is 25.7. The number of likely N-dealkylation sites (tertiary alicyclic amines) is 1. The monoisotopic (exact) mass is 366 g/mol. The number of amides is 1. The van der Waals surface area contributed by atoms with Crippen LogP contribution in [-0.2, 0) is 0 Å². The zero-order valence-corrected chi connectivity index (χ0v) is 14.9. The van der Waals surface area contributed by atoms with E-state index in [1.807, 2.05) is 18.2 Å². The highest BCUT2D eigenvalue weighted by molar-refractivity contribution is 5.87. The standard InChI is InChI=1S/C19H22N6O2/c20-19(26)27-15-5-3-4-14-17(15)24-18(23-14)13-6-7-21-16(12-13)22-8-11-25-9-1-2-10-25/h3-7,12H,1-2,8-11H2,(H2,20,26)(H,21,22)(H,23,24). The van der Waals surface area contributed by atoms with Gasteiger partial charge in [0.05, 0.1) is 5.52 Å². The van der Waals surface area contributed by atoms with Crippen LogP contribution in [0.25, 0.3) is 22.4 Å². The van der Waals surface area contributed by atoms with Gasteiger partial charge in [-0.05, 0) is 50.2 Å². The van der Waals surface area contributed by atoms with Crippen LogP contribution < -0.4 is 15.8 Å². The zero-order valence-electron chi connectivity index (χ0n) is 14.9. The maximum Gasteiger partial charge on any atom is 0.410 e. The summed E-state index contributed by atoms with van der Waals surface area (Å²) in [5, 5.41) is 3.37. The number of anilines is 1. The van der Waals surface area contributed by atoms with E-state index in [1.54, 1.807) is 18.3 Å². The molecule has 0 unspecified atom stereocenters. The Kier molecular flexibility index (Phi) is 4.88. The molecule has 4 rings (SSSR count). The van der Waals surface area contributed by atoms with E-state index in [-0.39, 0.29) is 0 Å². The molecule has 0 spiro atoms. The number of fused-ring (bicyclic) bond motifs is 1. The summed E-state index contributed by atoms with van der Waals surface area (Å²) < 4.78 is 5.03. The number of aromatic amines is 1. The van der Waals surface area contributed by atoms with Crippen LogP contribution in [0.2, 0.25) is 0 Å². The van der Waals surface area contributed by atoms with Crippen molar-refractivity contribution in [3.05, 3.63) is 36.5 Å². The SMILES string of the molecule is NC(=O)Oc1cccc2[nH]c(-c3ccnc(NCCN4CCCC4)c3)nc12. The fraction of sp³-hybridized carbons (Fsp3) is 0.316.